The molecular weight excluding hydrogens is 147 g/mol. The molecule has 1 aliphatic rings. The molecule has 3 heteroatoms. The van der Waals surface area contributed by atoms with Gasteiger partial charge in [-0.15, -0.1) is 4.52 Å². The van der Waals surface area contributed by atoms with Crippen molar-refractivity contribution in [2.75, 3.05) is 6.66 Å². The highest BCUT2D eigenvalue weighted by molar-refractivity contribution is 7.38. The minimum atomic E-state index is -1.37. The monoisotopic (exact) mass is 161 g/mol. The number of hydrogen-bond donors (Lipinski definition) is 0. The summed E-state index contributed by atoms with van der Waals surface area (Å²) in [5.41, 5.74) is 0. The summed E-state index contributed by atoms with van der Waals surface area (Å²) in [4.78, 5) is 0. The van der Waals surface area contributed by atoms with Crippen LogP contribution in [0.15, 0.2) is 0 Å². The van der Waals surface area contributed by atoms with Crippen LogP contribution in [0.5, 0.6) is 0 Å². The van der Waals surface area contributed by atoms with Crippen LogP contribution in [0.1, 0.15) is 32.1 Å². The molecule has 0 amide bonds. The van der Waals surface area contributed by atoms with Crippen LogP contribution in [0, 0.1) is 0 Å². The Kier molecular flexibility index (Phi) is 3.30. The van der Waals surface area contributed by atoms with E-state index in [0.29, 0.717) is 6.10 Å². The second-order valence-corrected chi connectivity index (χ2v) is 3.90. The van der Waals surface area contributed by atoms with Crippen molar-refractivity contribution in [1.29, 1.82) is 0 Å². The van der Waals surface area contributed by atoms with Crippen LogP contribution in [-0.4, -0.2) is 12.8 Å². The van der Waals surface area contributed by atoms with Crippen molar-refractivity contribution in [1.82, 2.24) is 0 Å². The van der Waals surface area contributed by atoms with Gasteiger partial charge in [-0.3, -0.25) is 0 Å². The lowest BCUT2D eigenvalue weighted by Crippen LogP contribution is -2.12. The van der Waals surface area contributed by atoms with Gasteiger partial charge in [-0.2, -0.15) is 0 Å². The van der Waals surface area contributed by atoms with Gasteiger partial charge in [0.15, 0.2) is 6.66 Å². The fourth-order valence-corrected chi connectivity index (χ4v) is 2.01. The third-order valence-corrected chi connectivity index (χ3v) is 2.44. The summed E-state index contributed by atoms with van der Waals surface area (Å²) in [7, 11) is -1.37. The van der Waals surface area contributed by atoms with Gasteiger partial charge < -0.3 is 0 Å². The molecule has 0 spiro atoms. The van der Waals surface area contributed by atoms with E-state index in [4.69, 9.17) is 4.52 Å². The Balaban J connectivity index is 2.19. The fourth-order valence-electron chi connectivity index (χ4n) is 1.38. The maximum atomic E-state index is 10.6. The van der Waals surface area contributed by atoms with E-state index in [2.05, 4.69) is 0 Å². The normalized spacial score (nSPS) is 22.7. The van der Waals surface area contributed by atoms with Crippen LogP contribution < -0.4 is 0 Å². The van der Waals surface area contributed by atoms with Gasteiger partial charge >= 0.3 is 8.03 Å². The molecule has 0 aromatic rings. The van der Waals surface area contributed by atoms with E-state index in [9.17, 15) is 4.57 Å². The van der Waals surface area contributed by atoms with E-state index in [1.807, 2.05) is 0 Å². The molecule has 0 aromatic heterocycles. The molecule has 1 fully saturated rings. The Morgan fingerprint density at radius 1 is 1.30 bits per heavy atom. The molecule has 0 aromatic carbocycles. The maximum Gasteiger partial charge on any atom is 0.505 e. The predicted octanol–water partition coefficient (Wildman–Crippen LogP) is 2.71. The van der Waals surface area contributed by atoms with Gasteiger partial charge in [0.25, 0.3) is 0 Å². The first-order valence-corrected chi connectivity index (χ1v) is 5.49. The second kappa shape index (κ2) is 4.05. The van der Waals surface area contributed by atoms with Crippen molar-refractivity contribution in [3.05, 3.63) is 0 Å². The average Bonchev–Trinajstić information content (AvgIpc) is 1.88. The van der Waals surface area contributed by atoms with Crippen molar-refractivity contribution in [3.63, 3.8) is 0 Å². The SMILES string of the molecule is C[P+](=O)OC1CCCCC1. The molecule has 0 N–H and O–H groups in total. The quantitative estimate of drug-likeness (QED) is 0.582. The summed E-state index contributed by atoms with van der Waals surface area (Å²) in [5.74, 6) is 0. The maximum absolute atomic E-state index is 10.6. The lowest BCUT2D eigenvalue weighted by atomic mass is 9.98. The molecule has 0 radical (unpaired) electrons. The zero-order chi connectivity index (χ0) is 7.40. The molecular formula is C7H14O2P+. The van der Waals surface area contributed by atoms with E-state index >= 15 is 0 Å². The van der Waals surface area contributed by atoms with E-state index in [1.165, 1.54) is 19.3 Å². The van der Waals surface area contributed by atoms with Crippen molar-refractivity contribution >= 4 is 8.03 Å². The Labute approximate surface area is 62.8 Å². The Morgan fingerprint density at radius 3 is 2.40 bits per heavy atom. The lowest BCUT2D eigenvalue weighted by molar-refractivity contribution is 0.167. The van der Waals surface area contributed by atoms with Crippen molar-refractivity contribution < 1.29 is 9.09 Å². The fraction of sp³-hybridized carbons (Fsp3) is 1.00. The first-order valence-electron chi connectivity index (χ1n) is 3.86. The molecule has 0 aliphatic heterocycles. The third-order valence-electron chi connectivity index (χ3n) is 1.85. The number of rotatable bonds is 2. The van der Waals surface area contributed by atoms with Crippen molar-refractivity contribution in [2.45, 2.75) is 38.2 Å². The smallest absolute Gasteiger partial charge is 0.143 e. The standard InChI is InChI=1S/C7H14O2P/c1-10(8)9-7-5-3-2-4-6-7/h7H,2-6H2,1H3/q+1. The van der Waals surface area contributed by atoms with Crippen LogP contribution in [0.4, 0.5) is 0 Å². The highest BCUT2D eigenvalue weighted by atomic mass is 31.1. The van der Waals surface area contributed by atoms with Gasteiger partial charge in [0.1, 0.15) is 6.10 Å². The molecule has 0 saturated heterocycles. The molecule has 58 valence electrons. The lowest BCUT2D eigenvalue weighted by Gasteiger charge is -2.15. The minimum Gasteiger partial charge on any atom is -0.143 e. The van der Waals surface area contributed by atoms with E-state index in [-0.39, 0.29) is 0 Å². The molecule has 1 saturated carbocycles. The topological polar surface area (TPSA) is 26.3 Å². The Morgan fingerprint density at radius 2 is 1.90 bits per heavy atom. The largest absolute Gasteiger partial charge is 0.505 e. The van der Waals surface area contributed by atoms with E-state index < -0.39 is 8.03 Å². The molecule has 10 heavy (non-hydrogen) atoms. The minimum absolute atomic E-state index is 0.294. The summed E-state index contributed by atoms with van der Waals surface area (Å²) in [6.07, 6.45) is 6.31. The predicted molar refractivity (Wildman–Crippen MR) is 41.5 cm³/mol. The highest BCUT2D eigenvalue weighted by Crippen LogP contribution is 2.28. The molecule has 0 bridgehead atoms. The van der Waals surface area contributed by atoms with Gasteiger partial charge in [0.05, 0.1) is 0 Å². The van der Waals surface area contributed by atoms with Crippen molar-refractivity contribution in [2.24, 2.45) is 0 Å². The van der Waals surface area contributed by atoms with Gasteiger partial charge in [-0.05, 0) is 17.4 Å². The first kappa shape index (κ1) is 8.16. The zero-order valence-corrected chi connectivity index (χ0v) is 7.27. The molecule has 1 rings (SSSR count). The molecule has 1 atom stereocenters. The first-order chi connectivity index (χ1) is 4.79. The second-order valence-electron chi connectivity index (χ2n) is 2.81. The molecule has 0 heterocycles. The summed E-state index contributed by atoms with van der Waals surface area (Å²) < 4.78 is 15.8. The van der Waals surface area contributed by atoms with Crippen LogP contribution >= 0.6 is 8.03 Å². The molecule has 1 unspecified atom stereocenters. The van der Waals surface area contributed by atoms with Crippen molar-refractivity contribution in [3.8, 4) is 0 Å². The zero-order valence-electron chi connectivity index (χ0n) is 6.38. The van der Waals surface area contributed by atoms with Crippen LogP contribution in [0.3, 0.4) is 0 Å². The summed E-state index contributed by atoms with van der Waals surface area (Å²) in [6.45, 7) is 1.63. The summed E-state index contributed by atoms with van der Waals surface area (Å²) in [6, 6.07) is 0. The highest BCUT2D eigenvalue weighted by Gasteiger charge is 2.21. The number of hydrogen-bond acceptors (Lipinski definition) is 2. The third kappa shape index (κ3) is 2.76. The summed E-state index contributed by atoms with van der Waals surface area (Å²) in [5, 5.41) is 0. The molecule has 2 nitrogen and oxygen atoms in total. The van der Waals surface area contributed by atoms with Crippen LogP contribution in [0.2, 0.25) is 0 Å². The Hall–Kier alpha value is 0.0600. The van der Waals surface area contributed by atoms with Gasteiger partial charge in [0, 0.05) is 0 Å². The molecule has 1 aliphatic carbocycles. The van der Waals surface area contributed by atoms with Crippen LogP contribution in [0.25, 0.3) is 0 Å². The Bertz CT molecular complexity index is 119. The van der Waals surface area contributed by atoms with Gasteiger partial charge in [0.2, 0.25) is 0 Å². The van der Waals surface area contributed by atoms with E-state index in [0.717, 1.165) is 12.8 Å². The summed E-state index contributed by atoms with van der Waals surface area (Å²) >= 11 is 0. The average molecular weight is 161 g/mol. The van der Waals surface area contributed by atoms with Gasteiger partial charge in [-0.1, -0.05) is 19.3 Å². The van der Waals surface area contributed by atoms with Gasteiger partial charge in [-0.25, -0.2) is 0 Å². The van der Waals surface area contributed by atoms with E-state index in [1.54, 1.807) is 6.66 Å². The van der Waals surface area contributed by atoms with Crippen LogP contribution in [-0.2, 0) is 9.09 Å².